The lowest BCUT2D eigenvalue weighted by Gasteiger charge is -2.16. The van der Waals surface area contributed by atoms with E-state index in [9.17, 15) is 9.90 Å². The van der Waals surface area contributed by atoms with Gasteiger partial charge in [0.25, 0.3) is 0 Å². The van der Waals surface area contributed by atoms with Crippen LogP contribution in [0.3, 0.4) is 0 Å². The van der Waals surface area contributed by atoms with Crippen LogP contribution >= 0.6 is 0 Å². The van der Waals surface area contributed by atoms with Crippen LogP contribution in [-0.4, -0.2) is 17.2 Å². The van der Waals surface area contributed by atoms with E-state index < -0.39 is 5.97 Å². The van der Waals surface area contributed by atoms with Gasteiger partial charge in [0, 0.05) is 5.69 Å². The lowest BCUT2D eigenvalue weighted by Crippen LogP contribution is -2.17. The Kier molecular flexibility index (Phi) is 4.07. The number of esters is 1. The molecule has 0 heterocycles. The molecule has 1 saturated carbocycles. The van der Waals surface area contributed by atoms with Crippen molar-refractivity contribution in [3.63, 3.8) is 0 Å². The van der Waals surface area contributed by atoms with Crippen molar-refractivity contribution < 1.29 is 14.6 Å². The largest absolute Gasteiger partial charge is 0.507 e. The highest BCUT2D eigenvalue weighted by Crippen LogP contribution is 2.24. The fourth-order valence-corrected chi connectivity index (χ4v) is 2.29. The van der Waals surface area contributed by atoms with Gasteiger partial charge in [-0.1, -0.05) is 12.8 Å². The van der Waals surface area contributed by atoms with E-state index in [1.54, 1.807) is 6.07 Å². The molecule has 0 spiro atoms. The van der Waals surface area contributed by atoms with Crippen LogP contribution in [0.4, 0.5) is 5.69 Å². The molecule has 0 unspecified atom stereocenters. The van der Waals surface area contributed by atoms with E-state index in [-0.39, 0.29) is 17.4 Å². The van der Waals surface area contributed by atoms with Crippen LogP contribution in [-0.2, 0) is 4.74 Å². The highest BCUT2D eigenvalue weighted by atomic mass is 16.5. The van der Waals surface area contributed by atoms with Crippen LogP contribution < -0.4 is 5.73 Å². The van der Waals surface area contributed by atoms with Crippen LogP contribution in [0.15, 0.2) is 18.2 Å². The SMILES string of the molecule is Nc1ccc(O)c(C(=O)OC2CCCCCC2)c1. The van der Waals surface area contributed by atoms with Crippen molar-refractivity contribution in [2.75, 3.05) is 5.73 Å². The standard InChI is InChI=1S/C14H19NO3/c15-10-7-8-13(16)12(9-10)14(17)18-11-5-3-1-2-4-6-11/h7-9,11,16H,1-6,15H2. The van der Waals surface area contributed by atoms with Gasteiger partial charge in [0.1, 0.15) is 17.4 Å². The van der Waals surface area contributed by atoms with Gasteiger partial charge in [-0.15, -0.1) is 0 Å². The third kappa shape index (κ3) is 3.15. The van der Waals surface area contributed by atoms with Gasteiger partial charge < -0.3 is 15.6 Å². The van der Waals surface area contributed by atoms with E-state index in [2.05, 4.69) is 0 Å². The van der Waals surface area contributed by atoms with Crippen molar-refractivity contribution in [1.82, 2.24) is 0 Å². The normalized spacial score (nSPS) is 17.1. The molecule has 1 aromatic rings. The number of hydrogen-bond acceptors (Lipinski definition) is 4. The molecule has 0 bridgehead atoms. The molecule has 0 amide bonds. The summed E-state index contributed by atoms with van der Waals surface area (Å²) in [7, 11) is 0. The first-order valence-corrected chi connectivity index (χ1v) is 6.46. The highest BCUT2D eigenvalue weighted by Gasteiger charge is 2.20. The Balaban J connectivity index is 2.04. The first kappa shape index (κ1) is 12.7. The zero-order valence-corrected chi connectivity index (χ0v) is 10.4. The van der Waals surface area contributed by atoms with Gasteiger partial charge in [-0.2, -0.15) is 0 Å². The number of benzene rings is 1. The topological polar surface area (TPSA) is 72.5 Å². The average Bonchev–Trinajstić information content (AvgIpc) is 2.61. The van der Waals surface area contributed by atoms with Crippen molar-refractivity contribution in [2.24, 2.45) is 0 Å². The molecule has 1 fully saturated rings. The van der Waals surface area contributed by atoms with Gasteiger partial charge >= 0.3 is 5.97 Å². The predicted octanol–water partition coefficient (Wildman–Crippen LogP) is 2.85. The van der Waals surface area contributed by atoms with Crippen molar-refractivity contribution in [3.8, 4) is 5.75 Å². The minimum absolute atomic E-state index is 0.0270. The van der Waals surface area contributed by atoms with E-state index in [1.807, 2.05) is 0 Å². The third-order valence-electron chi connectivity index (χ3n) is 3.32. The molecule has 0 atom stereocenters. The minimum Gasteiger partial charge on any atom is -0.507 e. The molecule has 18 heavy (non-hydrogen) atoms. The Labute approximate surface area is 107 Å². The van der Waals surface area contributed by atoms with Gasteiger partial charge in [-0.05, 0) is 43.9 Å². The summed E-state index contributed by atoms with van der Waals surface area (Å²) in [6, 6.07) is 4.42. The second kappa shape index (κ2) is 5.76. The molecule has 1 aromatic carbocycles. The molecule has 4 nitrogen and oxygen atoms in total. The van der Waals surface area contributed by atoms with E-state index in [0.29, 0.717) is 5.69 Å². The van der Waals surface area contributed by atoms with E-state index in [0.717, 1.165) is 25.7 Å². The monoisotopic (exact) mass is 249 g/mol. The smallest absolute Gasteiger partial charge is 0.342 e. The van der Waals surface area contributed by atoms with Crippen LogP contribution in [0.2, 0.25) is 0 Å². The molecular formula is C14H19NO3. The molecule has 98 valence electrons. The van der Waals surface area contributed by atoms with Crippen molar-refractivity contribution >= 4 is 11.7 Å². The maximum atomic E-state index is 12.0. The Morgan fingerprint density at radius 2 is 1.89 bits per heavy atom. The molecule has 2 rings (SSSR count). The minimum atomic E-state index is -0.480. The number of carbonyl (C=O) groups is 1. The molecule has 3 N–H and O–H groups in total. The first-order valence-electron chi connectivity index (χ1n) is 6.46. The van der Waals surface area contributed by atoms with E-state index >= 15 is 0 Å². The molecule has 0 aromatic heterocycles. The number of aromatic hydroxyl groups is 1. The van der Waals surface area contributed by atoms with Crippen molar-refractivity contribution in [3.05, 3.63) is 23.8 Å². The zero-order chi connectivity index (χ0) is 13.0. The highest BCUT2D eigenvalue weighted by molar-refractivity contribution is 5.93. The van der Waals surface area contributed by atoms with Gasteiger partial charge in [-0.3, -0.25) is 0 Å². The molecule has 0 aliphatic heterocycles. The first-order chi connectivity index (χ1) is 8.66. The quantitative estimate of drug-likeness (QED) is 0.366. The zero-order valence-electron chi connectivity index (χ0n) is 10.4. The number of ether oxygens (including phenoxy) is 1. The van der Waals surface area contributed by atoms with E-state index in [1.165, 1.54) is 25.0 Å². The summed E-state index contributed by atoms with van der Waals surface area (Å²) in [6.07, 6.45) is 6.40. The van der Waals surface area contributed by atoms with Crippen LogP contribution in [0.5, 0.6) is 5.75 Å². The maximum Gasteiger partial charge on any atom is 0.342 e. The number of nitrogens with two attached hydrogens (primary N) is 1. The second-order valence-electron chi connectivity index (χ2n) is 4.80. The number of carbonyl (C=O) groups excluding carboxylic acids is 1. The summed E-state index contributed by atoms with van der Waals surface area (Å²) >= 11 is 0. The summed E-state index contributed by atoms with van der Waals surface area (Å²) in [5, 5.41) is 9.63. The Bertz CT molecular complexity index is 423. The average molecular weight is 249 g/mol. The van der Waals surface area contributed by atoms with Gasteiger partial charge in [0.05, 0.1) is 0 Å². The Morgan fingerprint density at radius 3 is 2.56 bits per heavy atom. The number of nitrogen functional groups attached to an aromatic ring is 1. The summed E-state index contributed by atoms with van der Waals surface area (Å²) in [5.74, 6) is -0.561. The predicted molar refractivity (Wildman–Crippen MR) is 69.4 cm³/mol. The van der Waals surface area contributed by atoms with E-state index in [4.69, 9.17) is 10.5 Å². The summed E-state index contributed by atoms with van der Waals surface area (Å²) in [6.45, 7) is 0. The molecule has 1 aliphatic rings. The van der Waals surface area contributed by atoms with Gasteiger partial charge in [-0.25, -0.2) is 4.79 Å². The Morgan fingerprint density at radius 1 is 1.22 bits per heavy atom. The van der Waals surface area contributed by atoms with Crippen molar-refractivity contribution in [2.45, 2.75) is 44.6 Å². The fraction of sp³-hybridized carbons (Fsp3) is 0.500. The lowest BCUT2D eigenvalue weighted by atomic mass is 10.1. The van der Waals surface area contributed by atoms with Gasteiger partial charge in [0.15, 0.2) is 0 Å². The lowest BCUT2D eigenvalue weighted by molar-refractivity contribution is 0.0264. The van der Waals surface area contributed by atoms with Crippen LogP contribution in [0.1, 0.15) is 48.9 Å². The molecule has 1 aliphatic carbocycles. The summed E-state index contributed by atoms with van der Waals surface area (Å²) in [4.78, 5) is 12.0. The molecule has 0 radical (unpaired) electrons. The third-order valence-corrected chi connectivity index (χ3v) is 3.32. The van der Waals surface area contributed by atoms with Crippen molar-refractivity contribution in [1.29, 1.82) is 0 Å². The number of phenolic OH excluding ortho intramolecular Hbond substituents is 1. The maximum absolute atomic E-state index is 12.0. The summed E-state index contributed by atoms with van der Waals surface area (Å²) < 4.78 is 5.44. The second-order valence-corrected chi connectivity index (χ2v) is 4.80. The Hall–Kier alpha value is -1.71. The molecular weight excluding hydrogens is 230 g/mol. The number of rotatable bonds is 2. The van der Waals surface area contributed by atoms with Gasteiger partial charge in [0.2, 0.25) is 0 Å². The number of anilines is 1. The number of hydrogen-bond donors (Lipinski definition) is 2. The molecule has 0 saturated heterocycles. The number of phenols is 1. The van der Waals surface area contributed by atoms with Crippen LogP contribution in [0.25, 0.3) is 0 Å². The fourth-order valence-electron chi connectivity index (χ4n) is 2.29. The summed E-state index contributed by atoms with van der Waals surface area (Å²) in [5.41, 5.74) is 6.20. The molecule has 4 heteroatoms. The van der Waals surface area contributed by atoms with Crippen LogP contribution in [0, 0.1) is 0 Å².